The number of amides is 3. The predicted octanol–water partition coefficient (Wildman–Crippen LogP) is 2.90. The van der Waals surface area contributed by atoms with E-state index in [1.807, 2.05) is 44.2 Å². The number of nitrogens with one attached hydrogen (secondary N) is 1. The van der Waals surface area contributed by atoms with Crippen molar-refractivity contribution in [2.24, 2.45) is 0 Å². The molecule has 0 unspecified atom stereocenters. The van der Waals surface area contributed by atoms with Gasteiger partial charge in [-0.1, -0.05) is 24.3 Å². The molecule has 7 heteroatoms. The number of hydrogen-bond acceptors (Lipinski definition) is 4. The summed E-state index contributed by atoms with van der Waals surface area (Å²) in [6, 6.07) is 13.0. The summed E-state index contributed by atoms with van der Waals surface area (Å²) in [5, 5.41) is 2.85. The Morgan fingerprint density at radius 1 is 1.13 bits per heavy atom. The fourth-order valence-electron chi connectivity index (χ4n) is 3.37. The lowest BCUT2D eigenvalue weighted by Gasteiger charge is -2.33. The summed E-state index contributed by atoms with van der Waals surface area (Å²) in [5.41, 5.74) is 3.48. The van der Waals surface area contributed by atoms with E-state index in [1.54, 1.807) is 31.0 Å². The van der Waals surface area contributed by atoms with Crippen LogP contribution in [0.4, 0.5) is 11.4 Å². The first-order chi connectivity index (χ1) is 14.3. The Balaban J connectivity index is 1.57. The van der Waals surface area contributed by atoms with Crippen LogP contribution in [0.5, 0.6) is 5.75 Å². The van der Waals surface area contributed by atoms with Gasteiger partial charge in [0.25, 0.3) is 5.91 Å². The third-order valence-corrected chi connectivity index (χ3v) is 5.31. The van der Waals surface area contributed by atoms with Crippen molar-refractivity contribution in [3.8, 4) is 5.75 Å². The lowest BCUT2D eigenvalue weighted by Crippen LogP contribution is -2.46. The summed E-state index contributed by atoms with van der Waals surface area (Å²) in [5.74, 6) is -0.0355. The zero-order valence-electron chi connectivity index (χ0n) is 17.8. The van der Waals surface area contributed by atoms with Crippen molar-refractivity contribution in [2.75, 3.05) is 30.4 Å². The number of ether oxygens (including phenoxy) is 1. The number of anilines is 2. The van der Waals surface area contributed by atoms with Crippen LogP contribution in [0.1, 0.15) is 24.5 Å². The fraction of sp³-hybridized carbons (Fsp3) is 0.348. The maximum absolute atomic E-state index is 12.6. The molecule has 158 valence electrons. The van der Waals surface area contributed by atoms with Crippen LogP contribution in [0, 0.1) is 13.8 Å². The van der Waals surface area contributed by atoms with Gasteiger partial charge in [0.05, 0.1) is 12.2 Å². The summed E-state index contributed by atoms with van der Waals surface area (Å²) in [6.45, 7) is 5.78. The minimum atomic E-state index is -0.601. The minimum absolute atomic E-state index is 0.0593. The molecule has 0 bridgehead atoms. The van der Waals surface area contributed by atoms with Crippen LogP contribution in [0.3, 0.4) is 0 Å². The normalized spacial score (nSPS) is 15.3. The van der Waals surface area contributed by atoms with Crippen molar-refractivity contribution in [1.82, 2.24) is 4.90 Å². The minimum Gasteiger partial charge on any atom is -0.479 e. The van der Waals surface area contributed by atoms with E-state index in [4.69, 9.17) is 4.74 Å². The molecule has 0 radical (unpaired) electrons. The van der Waals surface area contributed by atoms with E-state index in [2.05, 4.69) is 5.32 Å². The van der Waals surface area contributed by atoms with Gasteiger partial charge in [-0.3, -0.25) is 14.4 Å². The Hall–Kier alpha value is -3.35. The van der Waals surface area contributed by atoms with Crippen molar-refractivity contribution < 1.29 is 19.1 Å². The highest BCUT2D eigenvalue weighted by atomic mass is 16.5. The van der Waals surface area contributed by atoms with Gasteiger partial charge in [-0.25, -0.2) is 0 Å². The standard InChI is InChI=1S/C23H27N3O4/c1-15-8-7-9-18(16(15)2)24-21(27)14-25(4)22(28)12-13-26-19-10-5-6-11-20(19)30-17(3)23(26)29/h5-11,17H,12-14H2,1-4H3,(H,24,27)/t17-/m1/s1. The largest absolute Gasteiger partial charge is 0.479 e. The lowest BCUT2D eigenvalue weighted by molar-refractivity contribution is -0.133. The third kappa shape index (κ3) is 4.62. The molecule has 2 aromatic rings. The van der Waals surface area contributed by atoms with Crippen molar-refractivity contribution in [3.05, 3.63) is 53.6 Å². The van der Waals surface area contributed by atoms with E-state index < -0.39 is 6.10 Å². The van der Waals surface area contributed by atoms with Gasteiger partial charge in [0, 0.05) is 25.7 Å². The molecule has 3 rings (SSSR count). The van der Waals surface area contributed by atoms with E-state index in [1.165, 1.54) is 4.90 Å². The van der Waals surface area contributed by atoms with E-state index >= 15 is 0 Å². The second-order valence-corrected chi connectivity index (χ2v) is 7.51. The molecule has 1 aliphatic heterocycles. The second kappa shape index (κ2) is 8.98. The van der Waals surface area contributed by atoms with Crippen LogP contribution in [-0.4, -0.2) is 48.9 Å². The first-order valence-electron chi connectivity index (χ1n) is 9.95. The summed E-state index contributed by atoms with van der Waals surface area (Å²) < 4.78 is 5.62. The number of para-hydroxylation sites is 2. The Kier molecular flexibility index (Phi) is 6.40. The summed E-state index contributed by atoms with van der Waals surface area (Å²) in [7, 11) is 1.59. The SMILES string of the molecule is Cc1cccc(NC(=O)CN(C)C(=O)CCN2C(=O)[C@@H](C)Oc3ccccc32)c1C. The number of benzene rings is 2. The predicted molar refractivity (Wildman–Crippen MR) is 116 cm³/mol. The number of carbonyl (C=O) groups is 3. The lowest BCUT2D eigenvalue weighted by atomic mass is 10.1. The molecular formula is C23H27N3O4. The number of carbonyl (C=O) groups excluding carboxylic acids is 3. The van der Waals surface area contributed by atoms with Crippen LogP contribution >= 0.6 is 0 Å². The molecule has 30 heavy (non-hydrogen) atoms. The molecule has 1 aliphatic rings. The van der Waals surface area contributed by atoms with E-state index in [9.17, 15) is 14.4 Å². The van der Waals surface area contributed by atoms with E-state index in [0.29, 0.717) is 11.4 Å². The van der Waals surface area contributed by atoms with Gasteiger partial charge in [-0.2, -0.15) is 0 Å². The van der Waals surface area contributed by atoms with Crippen molar-refractivity contribution in [3.63, 3.8) is 0 Å². The molecule has 0 aromatic heterocycles. The van der Waals surface area contributed by atoms with Crippen LogP contribution in [0.2, 0.25) is 0 Å². The van der Waals surface area contributed by atoms with E-state index in [0.717, 1.165) is 16.8 Å². The molecule has 7 nitrogen and oxygen atoms in total. The quantitative estimate of drug-likeness (QED) is 0.796. The van der Waals surface area contributed by atoms with E-state index in [-0.39, 0.29) is 37.2 Å². The number of hydrogen-bond donors (Lipinski definition) is 1. The van der Waals surface area contributed by atoms with Crippen LogP contribution < -0.4 is 15.0 Å². The number of rotatable bonds is 6. The van der Waals surface area contributed by atoms with Gasteiger partial charge >= 0.3 is 0 Å². The van der Waals surface area contributed by atoms with Crippen LogP contribution in [0.15, 0.2) is 42.5 Å². The Morgan fingerprint density at radius 3 is 2.63 bits per heavy atom. The topological polar surface area (TPSA) is 79.0 Å². The Labute approximate surface area is 176 Å². The van der Waals surface area contributed by atoms with Crippen LogP contribution in [0.25, 0.3) is 0 Å². The second-order valence-electron chi connectivity index (χ2n) is 7.51. The summed E-state index contributed by atoms with van der Waals surface area (Å²) in [6.07, 6.45) is -0.490. The number of likely N-dealkylation sites (N-methyl/N-ethyl adjacent to an activating group) is 1. The zero-order valence-corrected chi connectivity index (χ0v) is 17.8. The maximum atomic E-state index is 12.6. The zero-order chi connectivity index (χ0) is 21.8. The van der Waals surface area contributed by atoms with Gasteiger partial charge < -0.3 is 19.9 Å². The van der Waals surface area contributed by atoms with Crippen LogP contribution in [-0.2, 0) is 14.4 Å². The molecule has 0 saturated heterocycles. The summed E-state index contributed by atoms with van der Waals surface area (Å²) >= 11 is 0. The van der Waals surface area contributed by atoms with Crippen molar-refractivity contribution in [1.29, 1.82) is 0 Å². The number of aryl methyl sites for hydroxylation is 1. The van der Waals surface area contributed by atoms with Gasteiger partial charge in [0.1, 0.15) is 5.75 Å². The fourth-order valence-corrected chi connectivity index (χ4v) is 3.37. The molecule has 0 fully saturated rings. The molecule has 2 aromatic carbocycles. The van der Waals surface area contributed by atoms with Crippen molar-refractivity contribution >= 4 is 29.1 Å². The molecule has 0 spiro atoms. The highest BCUT2D eigenvalue weighted by molar-refractivity contribution is 6.00. The molecular weight excluding hydrogens is 382 g/mol. The Morgan fingerprint density at radius 2 is 1.87 bits per heavy atom. The molecule has 3 amide bonds. The monoisotopic (exact) mass is 409 g/mol. The van der Waals surface area contributed by atoms with Gasteiger partial charge in [0.15, 0.2) is 6.10 Å². The highest BCUT2D eigenvalue weighted by Gasteiger charge is 2.31. The molecule has 1 atom stereocenters. The first kappa shape index (κ1) is 21.4. The smallest absolute Gasteiger partial charge is 0.267 e. The number of nitrogens with zero attached hydrogens (tertiary/aromatic N) is 2. The Bertz CT molecular complexity index is 973. The van der Waals surface area contributed by atoms with Gasteiger partial charge in [-0.15, -0.1) is 0 Å². The molecule has 0 aliphatic carbocycles. The number of fused-ring (bicyclic) bond motifs is 1. The highest BCUT2D eigenvalue weighted by Crippen LogP contribution is 2.33. The summed E-state index contributed by atoms with van der Waals surface area (Å²) in [4.78, 5) is 40.4. The van der Waals surface area contributed by atoms with Crippen molar-refractivity contribution in [2.45, 2.75) is 33.3 Å². The third-order valence-electron chi connectivity index (χ3n) is 5.31. The first-order valence-corrected chi connectivity index (χ1v) is 9.95. The molecule has 1 N–H and O–H groups in total. The average molecular weight is 409 g/mol. The average Bonchev–Trinajstić information content (AvgIpc) is 2.71. The maximum Gasteiger partial charge on any atom is 0.267 e. The van der Waals surface area contributed by atoms with Gasteiger partial charge in [0.2, 0.25) is 11.8 Å². The van der Waals surface area contributed by atoms with Gasteiger partial charge in [-0.05, 0) is 50.1 Å². The molecule has 1 heterocycles. The molecule has 0 saturated carbocycles.